The molecule has 1 aliphatic carbocycles. The van der Waals surface area contributed by atoms with Crippen LogP contribution in [0.25, 0.3) is 0 Å². The van der Waals surface area contributed by atoms with Gasteiger partial charge in [0.2, 0.25) is 5.91 Å². The fourth-order valence-electron chi connectivity index (χ4n) is 2.91. The lowest BCUT2D eigenvalue weighted by Crippen LogP contribution is -2.37. The van der Waals surface area contributed by atoms with Crippen LogP contribution in [0.15, 0.2) is 10.2 Å². The molecule has 0 bridgehead atoms. The van der Waals surface area contributed by atoms with E-state index in [4.69, 9.17) is 0 Å². The van der Waals surface area contributed by atoms with Crippen LogP contribution in [0.3, 0.4) is 0 Å². The highest BCUT2D eigenvalue weighted by Gasteiger charge is 2.21. The molecular formula is C15H24N2O2S. The number of thiazole rings is 1. The summed E-state index contributed by atoms with van der Waals surface area (Å²) < 4.78 is 1.70. The quantitative estimate of drug-likeness (QED) is 0.802. The summed E-state index contributed by atoms with van der Waals surface area (Å²) in [5.74, 6) is 0.161. The molecular weight excluding hydrogens is 272 g/mol. The fraction of sp³-hybridized carbons (Fsp3) is 0.733. The molecule has 1 saturated carbocycles. The summed E-state index contributed by atoms with van der Waals surface area (Å²) in [6.07, 6.45) is 7.71. The normalized spacial score (nSPS) is 16.9. The molecule has 4 nitrogen and oxygen atoms in total. The van der Waals surface area contributed by atoms with Crippen molar-refractivity contribution in [2.45, 2.75) is 64.5 Å². The molecule has 1 fully saturated rings. The first-order chi connectivity index (χ1) is 9.59. The Morgan fingerprint density at radius 3 is 2.55 bits per heavy atom. The maximum absolute atomic E-state index is 12.3. The molecule has 112 valence electrons. The van der Waals surface area contributed by atoms with Gasteiger partial charge in [-0.1, -0.05) is 37.0 Å². The predicted octanol–water partition coefficient (Wildman–Crippen LogP) is 2.79. The van der Waals surface area contributed by atoms with Gasteiger partial charge >= 0.3 is 4.87 Å². The van der Waals surface area contributed by atoms with Crippen molar-refractivity contribution in [3.8, 4) is 0 Å². The second kappa shape index (κ2) is 7.07. The SMILES string of the molecule is Cc1csc(=O)n1CCC(=O)N(C)C1CCCCCC1. The molecule has 5 heteroatoms. The largest absolute Gasteiger partial charge is 0.343 e. The zero-order valence-electron chi connectivity index (χ0n) is 12.4. The molecule has 0 aromatic carbocycles. The molecule has 0 saturated heterocycles. The van der Waals surface area contributed by atoms with Crippen molar-refractivity contribution >= 4 is 17.2 Å². The van der Waals surface area contributed by atoms with E-state index < -0.39 is 0 Å². The number of amides is 1. The molecule has 0 aliphatic heterocycles. The van der Waals surface area contributed by atoms with Gasteiger partial charge in [0.25, 0.3) is 0 Å². The lowest BCUT2D eigenvalue weighted by atomic mass is 10.1. The summed E-state index contributed by atoms with van der Waals surface area (Å²) in [4.78, 5) is 25.9. The summed E-state index contributed by atoms with van der Waals surface area (Å²) in [7, 11) is 1.92. The molecule has 1 amide bonds. The third kappa shape index (κ3) is 3.72. The molecule has 20 heavy (non-hydrogen) atoms. The van der Waals surface area contributed by atoms with E-state index in [1.165, 1.54) is 37.0 Å². The maximum atomic E-state index is 12.3. The topological polar surface area (TPSA) is 42.3 Å². The Bertz CT molecular complexity index is 498. The van der Waals surface area contributed by atoms with Crippen molar-refractivity contribution < 1.29 is 4.79 Å². The minimum Gasteiger partial charge on any atom is -0.343 e. The third-order valence-electron chi connectivity index (χ3n) is 4.29. The van der Waals surface area contributed by atoms with E-state index in [0.29, 0.717) is 19.0 Å². The zero-order valence-corrected chi connectivity index (χ0v) is 13.2. The monoisotopic (exact) mass is 296 g/mol. The molecule has 0 spiro atoms. The molecule has 1 aromatic rings. The number of carbonyl (C=O) groups is 1. The second-order valence-corrected chi connectivity index (χ2v) is 6.52. The Hall–Kier alpha value is -1.10. The summed E-state index contributed by atoms with van der Waals surface area (Å²) in [6, 6.07) is 0.394. The van der Waals surface area contributed by atoms with Gasteiger partial charge in [-0.3, -0.25) is 9.59 Å². The number of hydrogen-bond donors (Lipinski definition) is 0. The number of nitrogens with zero attached hydrogens (tertiary/aromatic N) is 2. The van der Waals surface area contributed by atoms with E-state index in [0.717, 1.165) is 18.5 Å². The average molecular weight is 296 g/mol. The van der Waals surface area contributed by atoms with Gasteiger partial charge in [-0.05, 0) is 19.8 Å². The number of hydrogen-bond acceptors (Lipinski definition) is 3. The average Bonchev–Trinajstić information content (AvgIpc) is 2.66. The molecule has 0 atom stereocenters. The molecule has 1 aromatic heterocycles. The van der Waals surface area contributed by atoms with Crippen LogP contribution in [0.5, 0.6) is 0 Å². The van der Waals surface area contributed by atoms with Crippen molar-refractivity contribution in [3.05, 3.63) is 20.7 Å². The van der Waals surface area contributed by atoms with E-state index in [-0.39, 0.29) is 10.8 Å². The summed E-state index contributed by atoms with van der Waals surface area (Å²) in [5.41, 5.74) is 0.949. The van der Waals surface area contributed by atoms with Crippen LogP contribution in [-0.2, 0) is 11.3 Å². The Labute approximate surface area is 124 Å². The van der Waals surface area contributed by atoms with E-state index >= 15 is 0 Å². The van der Waals surface area contributed by atoms with Crippen LogP contribution >= 0.6 is 11.3 Å². The molecule has 1 aliphatic rings. The van der Waals surface area contributed by atoms with Crippen molar-refractivity contribution in [3.63, 3.8) is 0 Å². The minimum absolute atomic E-state index is 0.0346. The molecule has 0 unspecified atom stereocenters. The van der Waals surface area contributed by atoms with Gasteiger partial charge in [-0.2, -0.15) is 0 Å². The van der Waals surface area contributed by atoms with Gasteiger partial charge in [-0.15, -0.1) is 0 Å². The van der Waals surface area contributed by atoms with Crippen LogP contribution in [0.4, 0.5) is 0 Å². The minimum atomic E-state index is 0.0346. The highest BCUT2D eigenvalue weighted by atomic mass is 32.1. The number of carbonyl (C=O) groups excluding carboxylic acids is 1. The third-order valence-corrected chi connectivity index (χ3v) is 5.17. The molecule has 0 radical (unpaired) electrons. The van der Waals surface area contributed by atoms with Gasteiger partial charge in [0.05, 0.1) is 0 Å². The highest BCUT2D eigenvalue weighted by Crippen LogP contribution is 2.21. The smallest absolute Gasteiger partial charge is 0.307 e. The van der Waals surface area contributed by atoms with Crippen molar-refractivity contribution in [2.75, 3.05) is 7.05 Å². The zero-order chi connectivity index (χ0) is 14.5. The maximum Gasteiger partial charge on any atom is 0.307 e. The first kappa shape index (κ1) is 15.3. The fourth-order valence-corrected chi connectivity index (χ4v) is 3.67. The van der Waals surface area contributed by atoms with Gasteiger partial charge < -0.3 is 9.47 Å². The lowest BCUT2D eigenvalue weighted by molar-refractivity contribution is -0.132. The van der Waals surface area contributed by atoms with E-state index in [2.05, 4.69) is 0 Å². The molecule has 2 rings (SSSR count). The van der Waals surface area contributed by atoms with Crippen LogP contribution < -0.4 is 4.87 Å². The van der Waals surface area contributed by atoms with Crippen molar-refractivity contribution in [1.82, 2.24) is 9.47 Å². The van der Waals surface area contributed by atoms with Crippen LogP contribution in [0, 0.1) is 6.92 Å². The van der Waals surface area contributed by atoms with E-state index in [1.807, 2.05) is 24.3 Å². The number of aryl methyl sites for hydroxylation is 1. The number of aromatic nitrogens is 1. The Balaban J connectivity index is 1.89. The summed E-state index contributed by atoms with van der Waals surface area (Å²) >= 11 is 1.20. The number of rotatable bonds is 4. The van der Waals surface area contributed by atoms with Gasteiger partial charge in [0.1, 0.15) is 0 Å². The second-order valence-electron chi connectivity index (χ2n) is 5.69. The van der Waals surface area contributed by atoms with Crippen molar-refractivity contribution in [2.24, 2.45) is 0 Å². The Morgan fingerprint density at radius 1 is 1.35 bits per heavy atom. The van der Waals surface area contributed by atoms with E-state index in [9.17, 15) is 9.59 Å². The first-order valence-corrected chi connectivity index (χ1v) is 8.38. The van der Waals surface area contributed by atoms with Crippen LogP contribution in [0.1, 0.15) is 50.6 Å². The summed E-state index contributed by atoms with van der Waals surface area (Å²) in [6.45, 7) is 2.42. The van der Waals surface area contributed by atoms with Gasteiger partial charge in [0.15, 0.2) is 0 Å². The molecule has 0 N–H and O–H groups in total. The predicted molar refractivity (Wildman–Crippen MR) is 82.2 cm³/mol. The highest BCUT2D eigenvalue weighted by molar-refractivity contribution is 7.07. The summed E-state index contributed by atoms with van der Waals surface area (Å²) in [5, 5.41) is 1.85. The standard InChI is InChI=1S/C15H24N2O2S/c1-12-11-20-15(19)17(12)10-9-14(18)16(2)13-7-5-3-4-6-8-13/h11,13H,3-10H2,1-2H3. The van der Waals surface area contributed by atoms with Crippen molar-refractivity contribution in [1.29, 1.82) is 0 Å². The Kier molecular flexibility index (Phi) is 5.40. The first-order valence-electron chi connectivity index (χ1n) is 7.50. The van der Waals surface area contributed by atoms with Crippen LogP contribution in [-0.4, -0.2) is 28.5 Å². The molecule has 1 heterocycles. The lowest BCUT2D eigenvalue weighted by Gasteiger charge is -2.27. The van der Waals surface area contributed by atoms with Gasteiger partial charge in [-0.25, -0.2) is 0 Å². The Morgan fingerprint density at radius 2 is 2.00 bits per heavy atom. The van der Waals surface area contributed by atoms with E-state index in [1.54, 1.807) is 4.57 Å². The van der Waals surface area contributed by atoms with Gasteiger partial charge in [0, 0.05) is 37.1 Å². The van der Waals surface area contributed by atoms with Crippen LogP contribution in [0.2, 0.25) is 0 Å².